The number of benzene rings is 1. The van der Waals surface area contributed by atoms with Crippen molar-refractivity contribution in [3.63, 3.8) is 0 Å². The highest BCUT2D eigenvalue weighted by atomic mass is 16.6. The van der Waals surface area contributed by atoms with Gasteiger partial charge < -0.3 is 9.80 Å². The van der Waals surface area contributed by atoms with E-state index in [0.29, 0.717) is 0 Å². The van der Waals surface area contributed by atoms with E-state index in [1.165, 1.54) is 0 Å². The average Bonchev–Trinajstić information content (AvgIpc) is 2.34. The molecule has 0 aliphatic heterocycles. The zero-order valence-electron chi connectivity index (χ0n) is 12.4. The average molecular weight is 265 g/mol. The number of anilines is 1. The van der Waals surface area contributed by atoms with Gasteiger partial charge in [-0.05, 0) is 31.6 Å². The molecule has 1 aromatic carbocycles. The van der Waals surface area contributed by atoms with Gasteiger partial charge in [-0.1, -0.05) is 13.8 Å². The monoisotopic (exact) mass is 265 g/mol. The van der Waals surface area contributed by atoms with Crippen LogP contribution < -0.4 is 4.90 Å². The summed E-state index contributed by atoms with van der Waals surface area (Å²) in [5, 5.41) is 10.9. The van der Waals surface area contributed by atoms with Gasteiger partial charge in [0.2, 0.25) is 0 Å². The van der Waals surface area contributed by atoms with Crippen LogP contribution in [0.3, 0.4) is 0 Å². The number of non-ortho nitro benzene ring substituents is 1. The SMILES string of the molecule is CC(C)c1cc([N+](=O)[O-])ccc1N(C)CCN(C)C. The van der Waals surface area contributed by atoms with Crippen molar-refractivity contribution in [2.24, 2.45) is 0 Å². The topological polar surface area (TPSA) is 49.6 Å². The van der Waals surface area contributed by atoms with Crippen LogP contribution in [0.5, 0.6) is 0 Å². The van der Waals surface area contributed by atoms with E-state index in [1.54, 1.807) is 12.1 Å². The minimum atomic E-state index is -0.338. The van der Waals surface area contributed by atoms with E-state index in [9.17, 15) is 10.1 Å². The first-order valence-electron chi connectivity index (χ1n) is 6.47. The van der Waals surface area contributed by atoms with E-state index in [0.717, 1.165) is 24.3 Å². The summed E-state index contributed by atoms with van der Waals surface area (Å²) in [6.45, 7) is 5.96. The van der Waals surface area contributed by atoms with Crippen LogP contribution in [0.2, 0.25) is 0 Å². The molecule has 0 aromatic heterocycles. The molecule has 5 heteroatoms. The number of likely N-dealkylation sites (N-methyl/N-ethyl adjacent to an activating group) is 2. The number of nitrogens with zero attached hydrogens (tertiary/aromatic N) is 3. The van der Waals surface area contributed by atoms with Crippen molar-refractivity contribution in [2.75, 3.05) is 39.1 Å². The molecule has 106 valence electrons. The molecule has 0 amide bonds. The molecule has 0 saturated carbocycles. The first-order valence-corrected chi connectivity index (χ1v) is 6.47. The van der Waals surface area contributed by atoms with Gasteiger partial charge in [-0.15, -0.1) is 0 Å². The lowest BCUT2D eigenvalue weighted by atomic mass is 9.99. The molecule has 0 heterocycles. The molecular weight excluding hydrogens is 242 g/mol. The van der Waals surface area contributed by atoms with Gasteiger partial charge in [0, 0.05) is 38.0 Å². The fraction of sp³-hybridized carbons (Fsp3) is 0.571. The van der Waals surface area contributed by atoms with Crippen molar-refractivity contribution in [3.8, 4) is 0 Å². The second-order valence-corrected chi connectivity index (χ2v) is 5.38. The van der Waals surface area contributed by atoms with E-state index in [1.807, 2.05) is 27.2 Å². The second-order valence-electron chi connectivity index (χ2n) is 5.38. The molecule has 1 rings (SSSR count). The van der Waals surface area contributed by atoms with E-state index in [-0.39, 0.29) is 16.5 Å². The number of hydrogen-bond donors (Lipinski definition) is 0. The standard InChI is InChI=1S/C14H23N3O2/c1-11(2)13-10-12(17(18)19)6-7-14(13)16(5)9-8-15(3)4/h6-7,10-11H,8-9H2,1-5H3. The molecule has 0 radical (unpaired) electrons. The summed E-state index contributed by atoms with van der Waals surface area (Å²) in [5.74, 6) is 0.261. The van der Waals surface area contributed by atoms with Gasteiger partial charge in [-0.3, -0.25) is 10.1 Å². The summed E-state index contributed by atoms with van der Waals surface area (Å²) in [7, 11) is 6.09. The summed E-state index contributed by atoms with van der Waals surface area (Å²) in [4.78, 5) is 14.8. The van der Waals surface area contributed by atoms with Gasteiger partial charge in [0.1, 0.15) is 0 Å². The summed E-state index contributed by atoms with van der Waals surface area (Å²) >= 11 is 0. The first-order chi connectivity index (χ1) is 8.82. The minimum Gasteiger partial charge on any atom is -0.373 e. The smallest absolute Gasteiger partial charge is 0.269 e. The Labute approximate surface area is 115 Å². The van der Waals surface area contributed by atoms with Crippen LogP contribution in [0.15, 0.2) is 18.2 Å². The Morgan fingerprint density at radius 1 is 1.21 bits per heavy atom. The highest BCUT2D eigenvalue weighted by molar-refractivity contribution is 5.58. The normalized spacial score (nSPS) is 11.1. The molecule has 0 atom stereocenters. The Hall–Kier alpha value is -1.62. The van der Waals surface area contributed by atoms with Crippen molar-refractivity contribution in [1.29, 1.82) is 0 Å². The fourth-order valence-corrected chi connectivity index (χ4v) is 1.94. The quantitative estimate of drug-likeness (QED) is 0.586. The highest BCUT2D eigenvalue weighted by Crippen LogP contribution is 2.30. The Bertz CT molecular complexity index is 444. The van der Waals surface area contributed by atoms with E-state index in [2.05, 4.69) is 23.6 Å². The molecule has 0 fully saturated rings. The van der Waals surface area contributed by atoms with Crippen molar-refractivity contribution in [2.45, 2.75) is 19.8 Å². The molecular formula is C14H23N3O2. The number of hydrogen-bond acceptors (Lipinski definition) is 4. The number of rotatable bonds is 6. The van der Waals surface area contributed by atoms with Crippen molar-refractivity contribution < 1.29 is 4.92 Å². The lowest BCUT2D eigenvalue weighted by Gasteiger charge is -2.25. The zero-order chi connectivity index (χ0) is 14.6. The molecule has 0 saturated heterocycles. The molecule has 0 aliphatic rings. The lowest BCUT2D eigenvalue weighted by molar-refractivity contribution is -0.384. The van der Waals surface area contributed by atoms with Crippen molar-refractivity contribution in [1.82, 2.24) is 4.90 Å². The maximum atomic E-state index is 10.9. The van der Waals surface area contributed by atoms with Gasteiger partial charge in [-0.25, -0.2) is 0 Å². The van der Waals surface area contributed by atoms with Crippen LogP contribution in [0.4, 0.5) is 11.4 Å². The van der Waals surface area contributed by atoms with Gasteiger partial charge in [0.05, 0.1) is 4.92 Å². The summed E-state index contributed by atoms with van der Waals surface area (Å²) in [6.07, 6.45) is 0. The molecule has 0 aliphatic carbocycles. The second kappa shape index (κ2) is 6.52. The Balaban J connectivity index is 3.02. The fourth-order valence-electron chi connectivity index (χ4n) is 1.94. The third-order valence-electron chi connectivity index (χ3n) is 3.14. The molecule has 19 heavy (non-hydrogen) atoms. The van der Waals surface area contributed by atoms with Gasteiger partial charge in [0.15, 0.2) is 0 Å². The van der Waals surface area contributed by atoms with E-state index >= 15 is 0 Å². The van der Waals surface area contributed by atoms with Crippen molar-refractivity contribution in [3.05, 3.63) is 33.9 Å². The largest absolute Gasteiger partial charge is 0.373 e. The van der Waals surface area contributed by atoms with Gasteiger partial charge >= 0.3 is 0 Å². The summed E-state index contributed by atoms with van der Waals surface area (Å²) < 4.78 is 0. The summed E-state index contributed by atoms with van der Waals surface area (Å²) in [5.41, 5.74) is 2.26. The molecule has 5 nitrogen and oxygen atoms in total. The number of nitro groups is 1. The molecule has 0 spiro atoms. The van der Waals surface area contributed by atoms with E-state index < -0.39 is 0 Å². The van der Waals surface area contributed by atoms with Crippen LogP contribution in [0.1, 0.15) is 25.3 Å². The van der Waals surface area contributed by atoms with Crippen molar-refractivity contribution >= 4 is 11.4 Å². The van der Waals surface area contributed by atoms with Crippen LogP contribution in [-0.4, -0.2) is 44.1 Å². The van der Waals surface area contributed by atoms with Crippen LogP contribution >= 0.6 is 0 Å². The summed E-state index contributed by atoms with van der Waals surface area (Å²) in [6, 6.07) is 5.11. The van der Waals surface area contributed by atoms with E-state index in [4.69, 9.17) is 0 Å². The highest BCUT2D eigenvalue weighted by Gasteiger charge is 2.15. The minimum absolute atomic E-state index is 0.161. The predicted molar refractivity (Wildman–Crippen MR) is 79.0 cm³/mol. The van der Waals surface area contributed by atoms with Crippen LogP contribution in [0, 0.1) is 10.1 Å². The first kappa shape index (κ1) is 15.4. The van der Waals surface area contributed by atoms with Crippen LogP contribution in [0.25, 0.3) is 0 Å². The maximum Gasteiger partial charge on any atom is 0.269 e. The lowest BCUT2D eigenvalue weighted by Crippen LogP contribution is -2.29. The Morgan fingerprint density at radius 3 is 2.32 bits per heavy atom. The zero-order valence-corrected chi connectivity index (χ0v) is 12.4. The van der Waals surface area contributed by atoms with Gasteiger partial charge in [0.25, 0.3) is 5.69 Å². The predicted octanol–water partition coefficient (Wildman–Crippen LogP) is 2.72. The third-order valence-corrected chi connectivity index (χ3v) is 3.14. The molecule has 0 unspecified atom stereocenters. The molecule has 1 aromatic rings. The number of nitro benzene ring substituents is 1. The van der Waals surface area contributed by atoms with Crippen LogP contribution in [-0.2, 0) is 0 Å². The van der Waals surface area contributed by atoms with Gasteiger partial charge in [-0.2, -0.15) is 0 Å². The molecule has 0 N–H and O–H groups in total. The Kier molecular flexibility index (Phi) is 5.30. The molecule has 0 bridgehead atoms. The Morgan fingerprint density at radius 2 is 1.84 bits per heavy atom. The third kappa shape index (κ3) is 4.21. The maximum absolute atomic E-state index is 10.9.